The highest BCUT2D eigenvalue weighted by molar-refractivity contribution is 7.99. The van der Waals surface area contributed by atoms with Crippen LogP contribution in [0, 0.1) is 11.6 Å². The predicted molar refractivity (Wildman–Crippen MR) is 101 cm³/mol. The number of aromatic hydroxyl groups is 1. The van der Waals surface area contributed by atoms with E-state index in [1.807, 2.05) is 0 Å². The number of hydrogen-bond acceptors (Lipinski definition) is 7. The Kier molecular flexibility index (Phi) is 6.17. The molecule has 8 nitrogen and oxygen atoms in total. The highest BCUT2D eigenvalue weighted by Gasteiger charge is 2.13. The second-order valence-electron chi connectivity index (χ2n) is 5.33. The molecule has 1 aromatic heterocycles. The van der Waals surface area contributed by atoms with Gasteiger partial charge in [-0.3, -0.25) is 4.79 Å². The van der Waals surface area contributed by atoms with E-state index in [1.165, 1.54) is 18.3 Å². The Morgan fingerprint density at radius 3 is 2.71 bits per heavy atom. The molecule has 0 aliphatic rings. The average molecular weight is 404 g/mol. The maximum Gasteiger partial charge on any atom is 0.240 e. The normalized spacial score (nSPS) is 10.9. The summed E-state index contributed by atoms with van der Waals surface area (Å²) in [5.74, 6) is -2.17. The molecular weight excluding hydrogens is 390 g/mol. The smallest absolute Gasteiger partial charge is 0.240 e. The van der Waals surface area contributed by atoms with Crippen LogP contribution in [0.3, 0.4) is 0 Å². The molecule has 0 spiro atoms. The van der Waals surface area contributed by atoms with Gasteiger partial charge in [0.05, 0.1) is 12.0 Å². The molecule has 2 aromatic carbocycles. The number of phenols is 1. The van der Waals surface area contributed by atoms with Crippen molar-refractivity contribution >= 4 is 35.5 Å². The molecule has 0 atom stereocenters. The van der Waals surface area contributed by atoms with E-state index in [9.17, 15) is 18.7 Å². The number of nitrogens with zero attached hydrogens (tertiary/aromatic N) is 3. The van der Waals surface area contributed by atoms with Crippen molar-refractivity contribution in [1.82, 2.24) is 15.2 Å². The van der Waals surface area contributed by atoms with Crippen molar-refractivity contribution in [2.24, 2.45) is 5.10 Å². The quantitative estimate of drug-likeness (QED) is 0.273. The van der Waals surface area contributed by atoms with Crippen molar-refractivity contribution in [2.75, 3.05) is 16.5 Å². The summed E-state index contributed by atoms with van der Waals surface area (Å²) in [5.41, 5.74) is 2.62. The topological polar surface area (TPSA) is 115 Å². The fourth-order valence-corrected chi connectivity index (χ4v) is 2.64. The molecule has 4 N–H and O–H groups in total. The first-order valence-corrected chi connectivity index (χ1v) is 8.87. The molecule has 0 radical (unpaired) electrons. The zero-order chi connectivity index (χ0) is 19.9. The van der Waals surface area contributed by atoms with Gasteiger partial charge in [-0.25, -0.2) is 19.3 Å². The van der Waals surface area contributed by atoms with Crippen LogP contribution >= 0.6 is 11.8 Å². The summed E-state index contributed by atoms with van der Waals surface area (Å²) < 4.78 is 27.0. The molecule has 3 aromatic rings. The highest BCUT2D eigenvalue weighted by Crippen LogP contribution is 2.20. The number of hydrogen-bond donors (Lipinski definition) is 4. The van der Waals surface area contributed by atoms with Gasteiger partial charge in [-0.05, 0) is 24.3 Å². The van der Waals surface area contributed by atoms with Gasteiger partial charge in [0.1, 0.15) is 23.1 Å². The third-order valence-electron chi connectivity index (χ3n) is 3.34. The number of phenolic OH excluding ortho intramolecular Hbond substituents is 1. The fraction of sp³-hybridized carbons (Fsp3) is 0.0588. The van der Waals surface area contributed by atoms with E-state index >= 15 is 0 Å². The number of aromatic amines is 1. The summed E-state index contributed by atoms with van der Waals surface area (Å²) in [6, 6.07) is 9.96. The van der Waals surface area contributed by atoms with Crippen LogP contribution in [-0.2, 0) is 4.79 Å². The van der Waals surface area contributed by atoms with Crippen LogP contribution in [0.5, 0.6) is 5.75 Å². The van der Waals surface area contributed by atoms with E-state index in [0.717, 1.165) is 23.9 Å². The molecule has 144 valence electrons. The Morgan fingerprint density at radius 2 is 1.96 bits per heavy atom. The highest BCUT2D eigenvalue weighted by atomic mass is 32.2. The summed E-state index contributed by atoms with van der Waals surface area (Å²) in [6.07, 6.45) is 1.40. The molecule has 3 rings (SSSR count). The van der Waals surface area contributed by atoms with Gasteiger partial charge in [0.2, 0.25) is 17.0 Å². The van der Waals surface area contributed by atoms with Crippen LogP contribution in [0.15, 0.2) is 52.7 Å². The van der Waals surface area contributed by atoms with Gasteiger partial charge in [-0.2, -0.15) is 10.1 Å². The van der Waals surface area contributed by atoms with E-state index < -0.39 is 23.2 Å². The number of carbonyl (C=O) groups is 1. The van der Waals surface area contributed by atoms with Crippen molar-refractivity contribution in [2.45, 2.75) is 5.16 Å². The summed E-state index contributed by atoms with van der Waals surface area (Å²) in [4.78, 5) is 15.9. The van der Waals surface area contributed by atoms with Gasteiger partial charge in [-0.1, -0.05) is 30.0 Å². The van der Waals surface area contributed by atoms with Gasteiger partial charge in [0, 0.05) is 5.56 Å². The molecule has 0 aliphatic heterocycles. The lowest BCUT2D eigenvalue weighted by molar-refractivity contribution is -0.113. The number of anilines is 2. The van der Waals surface area contributed by atoms with E-state index in [1.54, 1.807) is 18.2 Å². The number of benzene rings is 2. The van der Waals surface area contributed by atoms with Crippen molar-refractivity contribution in [3.63, 3.8) is 0 Å². The molecule has 0 saturated carbocycles. The second-order valence-corrected chi connectivity index (χ2v) is 6.27. The summed E-state index contributed by atoms with van der Waals surface area (Å²) in [5, 5.41) is 22.4. The van der Waals surface area contributed by atoms with Gasteiger partial charge in [-0.15, -0.1) is 5.10 Å². The number of H-pyrrole nitrogens is 1. The molecule has 0 unspecified atom stereocenters. The minimum atomic E-state index is -0.856. The van der Waals surface area contributed by atoms with E-state index in [0.29, 0.717) is 5.56 Å². The van der Waals surface area contributed by atoms with Crippen molar-refractivity contribution in [1.29, 1.82) is 0 Å². The molecule has 11 heteroatoms. The number of carbonyl (C=O) groups excluding carboxylic acids is 1. The average Bonchev–Trinajstić information content (AvgIpc) is 3.13. The molecule has 28 heavy (non-hydrogen) atoms. The summed E-state index contributed by atoms with van der Waals surface area (Å²) in [6.45, 7) is 0. The fourth-order valence-electron chi connectivity index (χ4n) is 2.04. The SMILES string of the molecule is O=C(CSc1n[nH]c(N/N=C/c2ccccc2O)n1)Nc1c(F)cccc1F. The van der Waals surface area contributed by atoms with Gasteiger partial charge in [0.25, 0.3) is 0 Å². The zero-order valence-corrected chi connectivity index (χ0v) is 15.0. The molecule has 0 bridgehead atoms. The first-order valence-electron chi connectivity index (χ1n) is 7.89. The Labute approximate surface area is 162 Å². The van der Waals surface area contributed by atoms with Crippen LogP contribution in [0.1, 0.15) is 5.56 Å². The van der Waals surface area contributed by atoms with Gasteiger partial charge < -0.3 is 10.4 Å². The van der Waals surface area contributed by atoms with Crippen molar-refractivity contribution < 1.29 is 18.7 Å². The second kappa shape index (κ2) is 8.95. The van der Waals surface area contributed by atoms with Crippen molar-refractivity contribution in [3.05, 3.63) is 59.7 Å². The van der Waals surface area contributed by atoms with E-state index in [-0.39, 0.29) is 22.6 Å². The standard InChI is InChI=1S/C17H14F2N6O2S/c18-11-5-3-6-12(19)15(11)21-14(27)9-28-17-22-16(24-25-17)23-20-8-10-4-1-2-7-13(10)26/h1-8,26H,9H2,(H,21,27)(H2,22,23,24,25)/b20-8+. The summed E-state index contributed by atoms with van der Waals surface area (Å²) in [7, 11) is 0. The number of rotatable bonds is 7. The minimum absolute atomic E-state index is 0.0826. The van der Waals surface area contributed by atoms with Crippen LogP contribution in [0.4, 0.5) is 20.4 Å². The first kappa shape index (κ1) is 19.3. The molecule has 0 saturated heterocycles. The van der Waals surface area contributed by atoms with Gasteiger partial charge in [0.15, 0.2) is 0 Å². The maximum absolute atomic E-state index is 13.5. The lowest BCUT2D eigenvalue weighted by Crippen LogP contribution is -2.16. The molecule has 1 heterocycles. The number of para-hydroxylation sites is 2. The molecule has 0 fully saturated rings. The van der Waals surface area contributed by atoms with Crippen LogP contribution in [0.2, 0.25) is 0 Å². The predicted octanol–water partition coefficient (Wildman–Crippen LogP) is 2.97. The molecular formula is C17H14F2N6O2S. The Balaban J connectivity index is 1.51. The Hall–Kier alpha value is -3.47. The largest absolute Gasteiger partial charge is 0.507 e. The number of aromatic nitrogens is 3. The van der Waals surface area contributed by atoms with Crippen molar-refractivity contribution in [3.8, 4) is 5.75 Å². The first-order chi connectivity index (χ1) is 13.5. The zero-order valence-electron chi connectivity index (χ0n) is 14.2. The minimum Gasteiger partial charge on any atom is -0.507 e. The molecule has 1 amide bonds. The van der Waals surface area contributed by atoms with Crippen LogP contribution in [0.25, 0.3) is 0 Å². The Bertz CT molecular complexity index is 991. The lowest BCUT2D eigenvalue weighted by Gasteiger charge is -2.06. The third kappa shape index (κ3) is 5.04. The monoisotopic (exact) mass is 404 g/mol. The summed E-state index contributed by atoms with van der Waals surface area (Å²) >= 11 is 0.970. The Morgan fingerprint density at radius 1 is 1.21 bits per heavy atom. The number of thioether (sulfide) groups is 1. The van der Waals surface area contributed by atoms with Gasteiger partial charge >= 0.3 is 0 Å². The van der Waals surface area contributed by atoms with E-state index in [2.05, 4.69) is 31.0 Å². The van der Waals surface area contributed by atoms with Crippen LogP contribution in [-0.4, -0.2) is 38.2 Å². The maximum atomic E-state index is 13.5. The molecule has 0 aliphatic carbocycles. The lowest BCUT2D eigenvalue weighted by atomic mass is 10.2. The number of amides is 1. The number of halogens is 2. The van der Waals surface area contributed by atoms with E-state index in [4.69, 9.17) is 0 Å². The number of nitrogens with one attached hydrogen (secondary N) is 3. The number of hydrazone groups is 1. The third-order valence-corrected chi connectivity index (χ3v) is 4.18. The van der Waals surface area contributed by atoms with Crippen LogP contribution < -0.4 is 10.7 Å².